The molecule has 0 bridgehead atoms. The number of aliphatic carboxylic acids is 4. The van der Waals surface area contributed by atoms with Crippen molar-refractivity contribution in [3.63, 3.8) is 0 Å². The third-order valence-corrected chi connectivity index (χ3v) is 5.60. The highest BCUT2D eigenvalue weighted by Gasteiger charge is 2.37. The summed E-state index contributed by atoms with van der Waals surface area (Å²) >= 11 is 0. The second kappa shape index (κ2) is 12.7. The number of aryl methyl sites for hydroxylation is 2. The molecule has 2 aromatic carbocycles. The summed E-state index contributed by atoms with van der Waals surface area (Å²) in [7, 11) is 0. The first-order valence-electron chi connectivity index (χ1n) is 11.6. The quantitative estimate of drug-likeness (QED) is 0.247. The Kier molecular flexibility index (Phi) is 9.91. The molecular formula is C26H32N2O10. The van der Waals surface area contributed by atoms with Gasteiger partial charge >= 0.3 is 23.9 Å². The molecule has 0 aromatic heterocycles. The van der Waals surface area contributed by atoms with E-state index in [9.17, 15) is 39.6 Å². The van der Waals surface area contributed by atoms with Crippen molar-refractivity contribution in [2.24, 2.45) is 0 Å². The van der Waals surface area contributed by atoms with E-state index in [0.29, 0.717) is 0 Å². The van der Waals surface area contributed by atoms with Crippen LogP contribution in [-0.2, 0) is 19.2 Å². The molecule has 0 atom stereocenters. The molecule has 0 saturated heterocycles. The van der Waals surface area contributed by atoms with Crippen LogP contribution in [0.25, 0.3) is 0 Å². The van der Waals surface area contributed by atoms with E-state index < -0.39 is 49.1 Å². The van der Waals surface area contributed by atoms with Gasteiger partial charge in [0.25, 0.3) is 0 Å². The molecule has 0 radical (unpaired) electrons. The maximum atomic E-state index is 11.9. The van der Waals surface area contributed by atoms with E-state index in [4.69, 9.17) is 9.47 Å². The van der Waals surface area contributed by atoms with Gasteiger partial charge in [-0.1, -0.05) is 12.1 Å². The molecule has 0 amide bonds. The predicted molar refractivity (Wildman–Crippen MR) is 138 cm³/mol. The zero-order chi connectivity index (χ0) is 28.6. The van der Waals surface area contributed by atoms with E-state index in [0.717, 1.165) is 16.0 Å². The van der Waals surface area contributed by atoms with Gasteiger partial charge in [0.2, 0.25) is 0 Å². The lowest BCUT2D eigenvalue weighted by atomic mass is 10.0. The largest absolute Gasteiger partial charge is 0.488 e. The lowest BCUT2D eigenvalue weighted by molar-refractivity contribution is -0.143. The summed E-state index contributed by atoms with van der Waals surface area (Å²) in [5.74, 6) is -4.32. The molecule has 0 spiro atoms. The Morgan fingerprint density at radius 1 is 0.711 bits per heavy atom. The summed E-state index contributed by atoms with van der Waals surface area (Å²) in [6, 6.07) is 9.89. The van der Waals surface area contributed by atoms with E-state index >= 15 is 0 Å². The monoisotopic (exact) mass is 532 g/mol. The SMILES string of the molecule is Cc1ccc(N(CC(=O)O)CC(=O)O)c(OCCOc2cc(C)ccc2N(CC(=O)O)C(C)(C)C(=O)O)c1. The zero-order valence-corrected chi connectivity index (χ0v) is 21.6. The van der Waals surface area contributed by atoms with Crippen molar-refractivity contribution >= 4 is 35.3 Å². The number of hydrogen-bond acceptors (Lipinski definition) is 8. The molecule has 0 saturated carbocycles. The summed E-state index contributed by atoms with van der Waals surface area (Å²) < 4.78 is 11.7. The molecule has 12 nitrogen and oxygen atoms in total. The Labute approximate surface area is 219 Å². The third-order valence-electron chi connectivity index (χ3n) is 5.60. The number of rotatable bonds is 15. The minimum atomic E-state index is -1.56. The Balaban J connectivity index is 2.27. The number of carboxylic acids is 4. The molecule has 2 aromatic rings. The van der Waals surface area contributed by atoms with Crippen LogP contribution in [0.3, 0.4) is 0 Å². The molecule has 0 heterocycles. The van der Waals surface area contributed by atoms with Gasteiger partial charge in [-0.05, 0) is 63.1 Å². The molecule has 38 heavy (non-hydrogen) atoms. The van der Waals surface area contributed by atoms with Crippen molar-refractivity contribution in [3.8, 4) is 11.5 Å². The molecule has 0 aliphatic rings. The highest BCUT2D eigenvalue weighted by molar-refractivity contribution is 5.87. The van der Waals surface area contributed by atoms with Crippen molar-refractivity contribution in [3.05, 3.63) is 47.5 Å². The van der Waals surface area contributed by atoms with Gasteiger partial charge < -0.3 is 39.7 Å². The van der Waals surface area contributed by atoms with E-state index in [2.05, 4.69) is 0 Å². The maximum absolute atomic E-state index is 11.9. The number of anilines is 2. The van der Waals surface area contributed by atoms with Gasteiger partial charge in [-0.2, -0.15) is 0 Å². The van der Waals surface area contributed by atoms with Crippen LogP contribution < -0.4 is 19.3 Å². The van der Waals surface area contributed by atoms with E-state index in [1.165, 1.54) is 18.7 Å². The minimum Gasteiger partial charge on any atom is -0.488 e. The lowest BCUT2D eigenvalue weighted by Gasteiger charge is -2.36. The highest BCUT2D eigenvalue weighted by atomic mass is 16.5. The molecular weight excluding hydrogens is 500 g/mol. The second-order valence-corrected chi connectivity index (χ2v) is 9.13. The van der Waals surface area contributed by atoms with Gasteiger partial charge in [0.15, 0.2) is 0 Å². The number of hydrogen-bond donors (Lipinski definition) is 4. The van der Waals surface area contributed by atoms with Crippen molar-refractivity contribution < 1.29 is 49.1 Å². The Morgan fingerprint density at radius 3 is 1.55 bits per heavy atom. The van der Waals surface area contributed by atoms with Crippen LogP contribution in [0.4, 0.5) is 11.4 Å². The highest BCUT2D eigenvalue weighted by Crippen LogP contribution is 2.35. The van der Waals surface area contributed by atoms with E-state index in [-0.39, 0.29) is 36.1 Å². The van der Waals surface area contributed by atoms with Gasteiger partial charge in [-0.25, -0.2) is 4.79 Å². The van der Waals surface area contributed by atoms with Crippen LogP contribution in [0.2, 0.25) is 0 Å². The van der Waals surface area contributed by atoms with Crippen molar-refractivity contribution in [2.45, 2.75) is 33.2 Å². The smallest absolute Gasteiger partial charge is 0.328 e. The first-order valence-corrected chi connectivity index (χ1v) is 11.6. The van der Waals surface area contributed by atoms with Crippen LogP contribution >= 0.6 is 0 Å². The van der Waals surface area contributed by atoms with Crippen molar-refractivity contribution in [1.82, 2.24) is 0 Å². The molecule has 206 valence electrons. The zero-order valence-electron chi connectivity index (χ0n) is 21.6. The first-order chi connectivity index (χ1) is 17.7. The lowest BCUT2D eigenvalue weighted by Crippen LogP contribution is -2.52. The number of nitrogens with zero attached hydrogens (tertiary/aromatic N) is 2. The van der Waals surface area contributed by atoms with Crippen LogP contribution in [0.15, 0.2) is 36.4 Å². The average Bonchev–Trinajstić information content (AvgIpc) is 2.79. The third kappa shape index (κ3) is 8.02. The topological polar surface area (TPSA) is 174 Å². The summed E-state index contributed by atoms with van der Waals surface area (Å²) in [5.41, 5.74) is 0.600. The fraction of sp³-hybridized carbons (Fsp3) is 0.385. The van der Waals surface area contributed by atoms with Crippen molar-refractivity contribution in [1.29, 1.82) is 0 Å². The molecule has 0 aliphatic heterocycles. The van der Waals surface area contributed by atoms with Crippen LogP contribution in [0.5, 0.6) is 11.5 Å². The number of carbonyl (C=O) groups is 4. The molecule has 0 fully saturated rings. The number of carboxylic acid groups (broad SMARTS) is 4. The normalized spacial score (nSPS) is 10.9. The standard InChI is InChI=1S/C26H32N2O10/c1-16-5-7-18(27(13-22(29)30)14-23(31)32)20(11-16)37-9-10-38-21-12-17(2)6-8-19(21)28(15-24(33)34)26(3,4)25(35)36/h5-8,11-12H,9-10,13-15H2,1-4H3,(H,29,30)(H,31,32)(H,33,34)(H,35,36). The predicted octanol–water partition coefficient (Wildman–Crippen LogP) is 2.49. The molecule has 4 N–H and O–H groups in total. The Hall–Kier alpha value is -4.48. The number of benzene rings is 2. The summed E-state index contributed by atoms with van der Waals surface area (Å²) in [4.78, 5) is 48.4. The molecule has 2 rings (SSSR count). The van der Waals surface area contributed by atoms with Gasteiger partial charge in [-0.3, -0.25) is 14.4 Å². The number of ether oxygens (including phenoxy) is 2. The van der Waals surface area contributed by atoms with Gasteiger partial charge in [0, 0.05) is 0 Å². The average molecular weight is 533 g/mol. The fourth-order valence-corrected chi connectivity index (χ4v) is 3.65. The van der Waals surface area contributed by atoms with E-state index in [1.807, 2.05) is 0 Å². The van der Waals surface area contributed by atoms with Gasteiger partial charge in [0.1, 0.15) is 49.9 Å². The molecule has 12 heteroatoms. The second-order valence-electron chi connectivity index (χ2n) is 9.13. The van der Waals surface area contributed by atoms with Gasteiger partial charge in [-0.15, -0.1) is 0 Å². The maximum Gasteiger partial charge on any atom is 0.328 e. The fourth-order valence-electron chi connectivity index (χ4n) is 3.65. The van der Waals surface area contributed by atoms with Gasteiger partial charge in [0.05, 0.1) is 11.4 Å². The van der Waals surface area contributed by atoms with Crippen LogP contribution in [0, 0.1) is 13.8 Å². The minimum absolute atomic E-state index is 0.0287. The first kappa shape index (κ1) is 29.7. The van der Waals surface area contributed by atoms with Crippen molar-refractivity contribution in [2.75, 3.05) is 42.6 Å². The summed E-state index contributed by atoms with van der Waals surface area (Å²) in [5, 5.41) is 37.5. The Bertz CT molecular complexity index is 1180. The molecule has 0 unspecified atom stereocenters. The Morgan fingerprint density at radius 2 is 1.13 bits per heavy atom. The van der Waals surface area contributed by atoms with E-state index in [1.54, 1.807) is 50.2 Å². The molecule has 0 aliphatic carbocycles. The summed E-state index contributed by atoms with van der Waals surface area (Å²) in [6.45, 7) is 4.65. The summed E-state index contributed by atoms with van der Waals surface area (Å²) in [6.07, 6.45) is 0. The van der Waals surface area contributed by atoms with Crippen LogP contribution in [0.1, 0.15) is 25.0 Å². The van der Waals surface area contributed by atoms with Crippen LogP contribution in [-0.4, -0.2) is 82.7 Å².